The second kappa shape index (κ2) is 12.5. The lowest BCUT2D eigenvalue weighted by Gasteiger charge is -2.34. The first kappa shape index (κ1) is 27.3. The highest BCUT2D eigenvalue weighted by atomic mass is 32.2. The summed E-state index contributed by atoms with van der Waals surface area (Å²) in [5, 5.41) is 2.89. The van der Waals surface area contributed by atoms with Crippen LogP contribution in [-0.2, 0) is 26.2 Å². The van der Waals surface area contributed by atoms with Crippen LogP contribution in [0.2, 0.25) is 0 Å². The standard InChI is InChI=1S/C25H36N4O4S/c1-6-23(25(31)26-20(2)3)28(18-17-21-13-9-7-10-14-21)24(30)19-29(34(32,33)27(4)5)22-15-11-8-12-16-22/h7-16,20,23H,6,17-19H2,1-5H3,(H,26,31). The SMILES string of the molecule is CCC(C(=O)NC(C)C)N(CCc1ccccc1)C(=O)CN(c1ccccc1)S(=O)(=O)N(C)C. The van der Waals surface area contributed by atoms with E-state index in [1.165, 1.54) is 19.0 Å². The molecule has 1 atom stereocenters. The molecule has 2 aromatic rings. The quantitative estimate of drug-likeness (QED) is 0.497. The van der Waals surface area contributed by atoms with Crippen molar-refractivity contribution >= 4 is 27.7 Å². The van der Waals surface area contributed by atoms with Crippen LogP contribution in [-0.4, -0.2) is 68.7 Å². The van der Waals surface area contributed by atoms with Crippen LogP contribution < -0.4 is 9.62 Å². The van der Waals surface area contributed by atoms with E-state index in [1.807, 2.05) is 51.1 Å². The van der Waals surface area contributed by atoms with Gasteiger partial charge in [-0.3, -0.25) is 9.59 Å². The number of hydrogen-bond acceptors (Lipinski definition) is 4. The van der Waals surface area contributed by atoms with Crippen LogP contribution in [0.3, 0.4) is 0 Å². The van der Waals surface area contributed by atoms with Crippen molar-refractivity contribution in [3.05, 3.63) is 66.2 Å². The normalized spacial score (nSPS) is 12.4. The molecule has 0 saturated heterocycles. The van der Waals surface area contributed by atoms with Crippen molar-refractivity contribution in [2.75, 3.05) is 31.5 Å². The zero-order valence-electron chi connectivity index (χ0n) is 20.6. The van der Waals surface area contributed by atoms with Gasteiger partial charge in [-0.2, -0.15) is 12.7 Å². The zero-order chi connectivity index (χ0) is 25.3. The number of amides is 2. The van der Waals surface area contributed by atoms with Gasteiger partial charge in [0.15, 0.2) is 0 Å². The molecule has 1 unspecified atom stereocenters. The van der Waals surface area contributed by atoms with Gasteiger partial charge in [-0.25, -0.2) is 4.31 Å². The summed E-state index contributed by atoms with van der Waals surface area (Å²) in [6.07, 6.45) is 0.953. The molecule has 34 heavy (non-hydrogen) atoms. The van der Waals surface area contributed by atoms with E-state index < -0.39 is 28.7 Å². The fourth-order valence-electron chi connectivity index (χ4n) is 3.59. The van der Waals surface area contributed by atoms with Crippen molar-refractivity contribution in [2.24, 2.45) is 0 Å². The van der Waals surface area contributed by atoms with E-state index in [9.17, 15) is 18.0 Å². The monoisotopic (exact) mass is 488 g/mol. The fourth-order valence-corrected chi connectivity index (χ4v) is 4.64. The Kier molecular flexibility index (Phi) is 10.1. The highest BCUT2D eigenvalue weighted by molar-refractivity contribution is 7.90. The first-order valence-electron chi connectivity index (χ1n) is 11.5. The minimum Gasteiger partial charge on any atom is -0.352 e. The molecule has 0 aliphatic heterocycles. The molecule has 0 aliphatic carbocycles. The Morgan fingerprint density at radius 3 is 2.00 bits per heavy atom. The maximum absolute atomic E-state index is 13.6. The molecular weight excluding hydrogens is 452 g/mol. The van der Waals surface area contributed by atoms with Gasteiger partial charge < -0.3 is 10.2 Å². The maximum atomic E-state index is 13.6. The molecule has 2 amide bonds. The largest absolute Gasteiger partial charge is 0.352 e. The molecule has 0 fully saturated rings. The summed E-state index contributed by atoms with van der Waals surface area (Å²) >= 11 is 0. The fraction of sp³-hybridized carbons (Fsp3) is 0.440. The van der Waals surface area contributed by atoms with Crippen LogP contribution in [0.25, 0.3) is 0 Å². The third-order valence-electron chi connectivity index (χ3n) is 5.36. The number of anilines is 1. The summed E-state index contributed by atoms with van der Waals surface area (Å²) in [7, 11) is -1.09. The van der Waals surface area contributed by atoms with E-state index in [4.69, 9.17) is 0 Å². The van der Waals surface area contributed by atoms with Gasteiger partial charge in [-0.05, 0) is 44.4 Å². The number of carbonyl (C=O) groups excluding carboxylic acids is 2. The number of hydrogen-bond donors (Lipinski definition) is 1. The van der Waals surface area contributed by atoms with E-state index in [0.29, 0.717) is 18.5 Å². The molecule has 0 aliphatic rings. The van der Waals surface area contributed by atoms with E-state index >= 15 is 0 Å². The van der Waals surface area contributed by atoms with Crippen molar-refractivity contribution in [1.29, 1.82) is 0 Å². The Hall–Kier alpha value is -2.91. The van der Waals surface area contributed by atoms with Crippen molar-refractivity contribution in [3.63, 3.8) is 0 Å². The summed E-state index contributed by atoms with van der Waals surface area (Å²) in [6.45, 7) is 5.45. The lowest BCUT2D eigenvalue weighted by atomic mass is 10.1. The van der Waals surface area contributed by atoms with Gasteiger partial charge in [-0.1, -0.05) is 55.5 Å². The van der Waals surface area contributed by atoms with E-state index in [0.717, 1.165) is 14.2 Å². The molecule has 2 aromatic carbocycles. The van der Waals surface area contributed by atoms with Gasteiger partial charge in [0.1, 0.15) is 12.6 Å². The topological polar surface area (TPSA) is 90.0 Å². The first-order chi connectivity index (χ1) is 16.1. The molecule has 186 valence electrons. The molecule has 0 heterocycles. The van der Waals surface area contributed by atoms with Crippen molar-refractivity contribution in [1.82, 2.24) is 14.5 Å². The molecule has 1 N–H and O–H groups in total. The number of para-hydroxylation sites is 1. The maximum Gasteiger partial charge on any atom is 0.304 e. The third kappa shape index (κ3) is 7.30. The van der Waals surface area contributed by atoms with E-state index in [-0.39, 0.29) is 18.5 Å². The molecular formula is C25H36N4O4S. The highest BCUT2D eigenvalue weighted by Crippen LogP contribution is 2.20. The van der Waals surface area contributed by atoms with E-state index in [2.05, 4.69) is 5.32 Å². The second-order valence-corrected chi connectivity index (χ2v) is 10.6. The zero-order valence-corrected chi connectivity index (χ0v) is 21.5. The third-order valence-corrected chi connectivity index (χ3v) is 7.18. The van der Waals surface area contributed by atoms with Gasteiger partial charge in [-0.15, -0.1) is 0 Å². The Bertz CT molecular complexity index is 1030. The highest BCUT2D eigenvalue weighted by Gasteiger charge is 2.33. The summed E-state index contributed by atoms with van der Waals surface area (Å²) in [4.78, 5) is 28.1. The Morgan fingerprint density at radius 2 is 1.50 bits per heavy atom. The van der Waals surface area contributed by atoms with Crippen LogP contribution in [0.15, 0.2) is 60.7 Å². The Balaban J connectivity index is 2.39. The van der Waals surface area contributed by atoms with Gasteiger partial charge in [0.05, 0.1) is 5.69 Å². The van der Waals surface area contributed by atoms with E-state index in [1.54, 1.807) is 30.3 Å². The molecule has 0 aromatic heterocycles. The van der Waals surface area contributed by atoms with Crippen LogP contribution in [0.5, 0.6) is 0 Å². The van der Waals surface area contributed by atoms with Crippen molar-refractivity contribution in [2.45, 2.75) is 45.7 Å². The lowest BCUT2D eigenvalue weighted by molar-refractivity contribution is -0.139. The lowest BCUT2D eigenvalue weighted by Crippen LogP contribution is -2.54. The molecule has 0 saturated carbocycles. The van der Waals surface area contributed by atoms with Crippen LogP contribution in [0.4, 0.5) is 5.69 Å². The number of nitrogens with zero attached hydrogens (tertiary/aromatic N) is 3. The minimum atomic E-state index is -3.94. The summed E-state index contributed by atoms with van der Waals surface area (Å²) in [5.41, 5.74) is 1.41. The second-order valence-electron chi connectivity index (χ2n) is 8.54. The van der Waals surface area contributed by atoms with Gasteiger partial charge in [0, 0.05) is 26.7 Å². The van der Waals surface area contributed by atoms with Crippen LogP contribution in [0.1, 0.15) is 32.8 Å². The van der Waals surface area contributed by atoms with Crippen LogP contribution in [0, 0.1) is 0 Å². The Labute approximate surface area is 203 Å². The summed E-state index contributed by atoms with van der Waals surface area (Å²) in [5.74, 6) is -0.684. The molecule has 0 bridgehead atoms. The number of nitrogens with one attached hydrogen (secondary N) is 1. The molecule has 8 nitrogen and oxygen atoms in total. The van der Waals surface area contributed by atoms with Gasteiger partial charge in [0.2, 0.25) is 11.8 Å². The molecule has 9 heteroatoms. The molecule has 0 spiro atoms. The molecule has 2 rings (SSSR count). The average molecular weight is 489 g/mol. The minimum absolute atomic E-state index is 0.0810. The van der Waals surface area contributed by atoms with Gasteiger partial charge in [0.25, 0.3) is 0 Å². The smallest absolute Gasteiger partial charge is 0.304 e. The number of carbonyl (C=O) groups is 2. The predicted molar refractivity (Wildman–Crippen MR) is 136 cm³/mol. The van der Waals surface area contributed by atoms with Gasteiger partial charge >= 0.3 is 10.2 Å². The molecule has 0 radical (unpaired) electrons. The van der Waals surface area contributed by atoms with Crippen molar-refractivity contribution < 1.29 is 18.0 Å². The first-order valence-corrected chi connectivity index (χ1v) is 12.9. The average Bonchev–Trinajstić information content (AvgIpc) is 2.80. The number of rotatable bonds is 12. The number of benzene rings is 2. The van der Waals surface area contributed by atoms with Crippen LogP contribution >= 0.6 is 0 Å². The summed E-state index contributed by atoms with van der Waals surface area (Å²) < 4.78 is 28.3. The Morgan fingerprint density at radius 1 is 0.941 bits per heavy atom. The van der Waals surface area contributed by atoms with Crippen molar-refractivity contribution in [3.8, 4) is 0 Å². The summed E-state index contributed by atoms with van der Waals surface area (Å²) in [6, 6.07) is 17.4. The predicted octanol–water partition coefficient (Wildman–Crippen LogP) is 2.67.